The average Bonchev–Trinajstić information content (AvgIpc) is 2.45. The highest BCUT2D eigenvalue weighted by Gasteiger charge is 2.36. The Morgan fingerprint density at radius 3 is 1.50 bits per heavy atom. The maximum atomic E-state index is 12.7. The summed E-state index contributed by atoms with van der Waals surface area (Å²) < 4.78 is 38.2. The topological polar surface area (TPSA) is 12.0 Å². The monoisotopic (exact) mass is 323 g/mol. The van der Waals surface area contributed by atoms with Gasteiger partial charge in [0.05, 0.1) is 0 Å². The van der Waals surface area contributed by atoms with Gasteiger partial charge in [-0.3, -0.25) is 0 Å². The molecule has 0 heterocycles. The van der Waals surface area contributed by atoms with Crippen LogP contribution < -0.4 is 5.32 Å². The Bertz CT molecular complexity index is 227. The highest BCUT2D eigenvalue weighted by Crippen LogP contribution is 2.22. The third kappa shape index (κ3) is 12.3. The van der Waals surface area contributed by atoms with E-state index in [2.05, 4.69) is 19.2 Å². The van der Waals surface area contributed by atoms with Gasteiger partial charge in [-0.25, -0.2) is 0 Å². The third-order valence-corrected chi connectivity index (χ3v) is 4.29. The molecule has 0 fully saturated rings. The second-order valence-corrected chi connectivity index (χ2v) is 6.53. The van der Waals surface area contributed by atoms with Crippen molar-refractivity contribution in [2.24, 2.45) is 0 Å². The zero-order valence-electron chi connectivity index (χ0n) is 14.8. The van der Waals surface area contributed by atoms with Crippen LogP contribution in [-0.4, -0.2) is 18.3 Å². The first-order valence-electron chi connectivity index (χ1n) is 9.24. The van der Waals surface area contributed by atoms with Crippen LogP contribution in [0.3, 0.4) is 0 Å². The van der Waals surface area contributed by atoms with Gasteiger partial charge in [-0.15, -0.1) is 0 Å². The minimum atomic E-state index is -4.14. The molecule has 0 aliphatic heterocycles. The Morgan fingerprint density at radius 2 is 1.14 bits per heavy atom. The molecule has 1 N–H and O–H groups in total. The van der Waals surface area contributed by atoms with Crippen LogP contribution in [0, 0.1) is 0 Å². The summed E-state index contributed by atoms with van der Waals surface area (Å²) in [6, 6.07) is -1.39. The van der Waals surface area contributed by atoms with Crippen molar-refractivity contribution in [3.8, 4) is 0 Å². The summed E-state index contributed by atoms with van der Waals surface area (Å²) in [6.45, 7) is 5.58. The van der Waals surface area contributed by atoms with Crippen LogP contribution >= 0.6 is 0 Å². The summed E-state index contributed by atoms with van der Waals surface area (Å²) in [7, 11) is 0. The van der Waals surface area contributed by atoms with E-state index in [1.165, 1.54) is 45.4 Å². The zero-order valence-corrected chi connectivity index (χ0v) is 14.8. The smallest absolute Gasteiger partial charge is 0.304 e. The number of hydrogen-bond donors (Lipinski definition) is 1. The second-order valence-electron chi connectivity index (χ2n) is 6.53. The Hall–Kier alpha value is -0.250. The molecule has 0 amide bonds. The molecule has 0 saturated heterocycles. The molecule has 0 saturated carbocycles. The van der Waals surface area contributed by atoms with Crippen LogP contribution in [0.15, 0.2) is 0 Å². The SMILES string of the molecule is CCCCCCCC(CCCCCCC)N[C@H](C)C(F)(F)F. The fraction of sp³-hybridized carbons (Fsp3) is 1.00. The van der Waals surface area contributed by atoms with Crippen molar-refractivity contribution < 1.29 is 13.2 Å². The van der Waals surface area contributed by atoms with Crippen LogP contribution in [0.25, 0.3) is 0 Å². The predicted octanol–water partition coefficient (Wildman–Crippen LogP) is 6.62. The van der Waals surface area contributed by atoms with Crippen molar-refractivity contribution in [1.29, 1.82) is 0 Å². The van der Waals surface area contributed by atoms with Crippen molar-refractivity contribution in [3.05, 3.63) is 0 Å². The quantitative estimate of drug-likeness (QED) is 0.354. The van der Waals surface area contributed by atoms with Crippen LogP contribution in [0.4, 0.5) is 13.2 Å². The van der Waals surface area contributed by atoms with Crippen LogP contribution in [-0.2, 0) is 0 Å². The highest BCUT2D eigenvalue weighted by atomic mass is 19.4. The molecule has 1 nitrogen and oxygen atoms in total. The van der Waals surface area contributed by atoms with Gasteiger partial charge in [0.25, 0.3) is 0 Å². The summed E-state index contributed by atoms with van der Waals surface area (Å²) in [5.74, 6) is 0. The fourth-order valence-corrected chi connectivity index (χ4v) is 2.75. The Morgan fingerprint density at radius 1 is 0.727 bits per heavy atom. The van der Waals surface area contributed by atoms with Crippen molar-refractivity contribution in [2.45, 2.75) is 116 Å². The molecule has 4 heteroatoms. The Kier molecular flexibility index (Phi) is 13.1. The average molecular weight is 323 g/mol. The number of rotatable bonds is 14. The van der Waals surface area contributed by atoms with E-state index in [0.29, 0.717) is 0 Å². The normalized spacial score (nSPS) is 13.8. The van der Waals surface area contributed by atoms with Gasteiger partial charge >= 0.3 is 6.18 Å². The lowest BCUT2D eigenvalue weighted by molar-refractivity contribution is -0.153. The molecule has 0 aromatic heterocycles. The lowest BCUT2D eigenvalue weighted by atomic mass is 9.99. The maximum absolute atomic E-state index is 12.7. The number of halogens is 3. The predicted molar refractivity (Wildman–Crippen MR) is 89.2 cm³/mol. The molecule has 0 aromatic rings. The summed E-state index contributed by atoms with van der Waals surface area (Å²) in [5.41, 5.74) is 0. The van der Waals surface area contributed by atoms with Crippen LogP contribution in [0.2, 0.25) is 0 Å². The van der Waals surface area contributed by atoms with E-state index in [0.717, 1.165) is 38.5 Å². The van der Waals surface area contributed by atoms with E-state index in [1.54, 1.807) is 0 Å². The summed E-state index contributed by atoms with van der Waals surface area (Å²) in [6.07, 6.45) is 9.23. The lowest BCUT2D eigenvalue weighted by Crippen LogP contribution is -2.45. The molecule has 0 aliphatic carbocycles. The molecule has 0 unspecified atom stereocenters. The summed E-state index contributed by atoms with van der Waals surface area (Å²) in [5, 5.41) is 2.81. The first-order chi connectivity index (χ1) is 10.4. The lowest BCUT2D eigenvalue weighted by Gasteiger charge is -2.25. The highest BCUT2D eigenvalue weighted by molar-refractivity contribution is 4.76. The van der Waals surface area contributed by atoms with E-state index in [1.807, 2.05) is 0 Å². The van der Waals surface area contributed by atoms with Crippen molar-refractivity contribution in [1.82, 2.24) is 5.32 Å². The Balaban J connectivity index is 4.07. The van der Waals surface area contributed by atoms with Gasteiger partial charge in [0.15, 0.2) is 0 Å². The van der Waals surface area contributed by atoms with Crippen molar-refractivity contribution in [3.63, 3.8) is 0 Å². The van der Waals surface area contributed by atoms with Gasteiger partial charge in [0, 0.05) is 6.04 Å². The zero-order chi connectivity index (χ0) is 16.8. The molecule has 0 aromatic carbocycles. The van der Waals surface area contributed by atoms with Gasteiger partial charge in [-0.05, 0) is 19.8 Å². The first kappa shape index (κ1) is 21.8. The number of alkyl halides is 3. The molecular formula is C18H36F3N. The van der Waals surface area contributed by atoms with Gasteiger partial charge in [0.1, 0.15) is 6.04 Å². The van der Waals surface area contributed by atoms with E-state index >= 15 is 0 Å². The molecule has 0 spiro atoms. The second kappa shape index (κ2) is 13.2. The molecule has 0 aliphatic rings. The molecule has 0 rings (SSSR count). The standard InChI is InChI=1S/C18H36F3N/c1-4-6-8-10-12-14-17(15-13-11-9-7-5-2)22-16(3)18(19,20)21/h16-17,22H,4-15H2,1-3H3/t16-/m1/s1. The maximum Gasteiger partial charge on any atom is 0.403 e. The third-order valence-electron chi connectivity index (χ3n) is 4.29. The molecule has 22 heavy (non-hydrogen) atoms. The first-order valence-corrected chi connectivity index (χ1v) is 9.24. The van der Waals surface area contributed by atoms with Gasteiger partial charge < -0.3 is 5.32 Å². The largest absolute Gasteiger partial charge is 0.403 e. The van der Waals surface area contributed by atoms with Gasteiger partial charge in [0.2, 0.25) is 0 Å². The number of nitrogens with one attached hydrogen (secondary N) is 1. The Labute approximate surface area is 135 Å². The van der Waals surface area contributed by atoms with Crippen LogP contribution in [0.5, 0.6) is 0 Å². The van der Waals surface area contributed by atoms with Gasteiger partial charge in [-0.2, -0.15) is 13.2 Å². The summed E-state index contributed by atoms with van der Waals surface area (Å²) >= 11 is 0. The molecule has 134 valence electrons. The van der Waals surface area contributed by atoms with Gasteiger partial charge in [-0.1, -0.05) is 78.1 Å². The van der Waals surface area contributed by atoms with E-state index in [-0.39, 0.29) is 6.04 Å². The minimum absolute atomic E-state index is 0.0138. The van der Waals surface area contributed by atoms with Crippen LogP contribution in [0.1, 0.15) is 97.8 Å². The van der Waals surface area contributed by atoms with Crippen molar-refractivity contribution >= 4 is 0 Å². The molecule has 1 atom stereocenters. The van der Waals surface area contributed by atoms with E-state index in [4.69, 9.17) is 0 Å². The minimum Gasteiger partial charge on any atom is -0.304 e. The van der Waals surface area contributed by atoms with Crippen molar-refractivity contribution in [2.75, 3.05) is 0 Å². The fourth-order valence-electron chi connectivity index (χ4n) is 2.75. The number of hydrogen-bond acceptors (Lipinski definition) is 1. The molecular weight excluding hydrogens is 287 g/mol. The van der Waals surface area contributed by atoms with E-state index in [9.17, 15) is 13.2 Å². The molecule has 0 radical (unpaired) electrons. The number of unbranched alkanes of at least 4 members (excludes halogenated alkanes) is 8. The van der Waals surface area contributed by atoms with E-state index < -0.39 is 12.2 Å². The summed E-state index contributed by atoms with van der Waals surface area (Å²) in [4.78, 5) is 0. The molecule has 0 bridgehead atoms.